The number of nitrogens with zero attached hydrogens (tertiary/aromatic N) is 2. The molecule has 0 N–H and O–H groups in total. The first-order valence-electron chi connectivity index (χ1n) is 16.3. The van der Waals surface area contributed by atoms with E-state index in [-0.39, 0.29) is 35.2 Å². The molecule has 44 heavy (non-hydrogen) atoms. The van der Waals surface area contributed by atoms with Gasteiger partial charge < -0.3 is 14.4 Å². The summed E-state index contributed by atoms with van der Waals surface area (Å²) in [5, 5.41) is 0.760. The first kappa shape index (κ1) is 31.6. The number of anilines is 1. The van der Waals surface area contributed by atoms with E-state index in [0.29, 0.717) is 30.4 Å². The van der Waals surface area contributed by atoms with Gasteiger partial charge in [-0.2, -0.15) is 4.36 Å². The Morgan fingerprint density at radius 3 is 2.77 bits per heavy atom. The van der Waals surface area contributed by atoms with E-state index in [4.69, 9.17) is 21.1 Å². The lowest BCUT2D eigenvalue weighted by atomic mass is 9.68. The molecule has 2 heterocycles. The van der Waals surface area contributed by atoms with Crippen LogP contribution in [-0.4, -0.2) is 60.3 Å². The highest BCUT2D eigenvalue weighted by Crippen LogP contribution is 2.47. The minimum absolute atomic E-state index is 0.128. The standard InChI is InChI=1S/C35H45ClN2O5S/c1-3-28(39)21-44(41)17-6-4-5-9-32(42-2)29-13-10-26(29)20-38-22-35(16-7-8-24-18-27(36)12-14-30(24)35)23-43-33-15-11-25(19-31(33)38)34(40)37-44/h11-12,14-15,18-19,26,29,32H,3-10,13,16-17,20-23H2,1-2H3/t26-,29+,32-,35-,44-/m0/s1. The van der Waals surface area contributed by atoms with Crippen molar-refractivity contribution < 1.29 is 23.3 Å². The van der Waals surface area contributed by atoms with Gasteiger partial charge in [0, 0.05) is 48.4 Å². The van der Waals surface area contributed by atoms with E-state index in [1.165, 1.54) is 11.1 Å². The van der Waals surface area contributed by atoms with E-state index in [1.807, 2.05) is 25.3 Å². The maximum atomic E-state index is 13.9. The third kappa shape index (κ3) is 6.45. The quantitative estimate of drug-likeness (QED) is 0.357. The SMILES string of the molecule is CCC(=O)C[S@]1(=O)=NC(=O)c2ccc3c(c2)N(C[C@@H]2CC[C@H]2[C@@H](OC)CCCCC1)C[C@@]1(CCCc2cc(Cl)ccc21)CO3. The van der Waals surface area contributed by atoms with E-state index in [1.54, 1.807) is 13.0 Å². The number of ketones is 1. The summed E-state index contributed by atoms with van der Waals surface area (Å²) in [6.07, 6.45) is 9.27. The van der Waals surface area contributed by atoms with Crippen molar-refractivity contribution in [3.63, 3.8) is 0 Å². The van der Waals surface area contributed by atoms with Gasteiger partial charge in [0.1, 0.15) is 11.5 Å². The van der Waals surface area contributed by atoms with E-state index >= 15 is 0 Å². The number of benzene rings is 2. The van der Waals surface area contributed by atoms with Crippen molar-refractivity contribution in [3.05, 3.63) is 58.1 Å². The maximum Gasteiger partial charge on any atom is 0.285 e. The van der Waals surface area contributed by atoms with Crippen LogP contribution in [0.4, 0.5) is 5.69 Å². The average molecular weight is 641 g/mol. The number of hydrogen-bond donors (Lipinski definition) is 0. The summed E-state index contributed by atoms with van der Waals surface area (Å²) >= 11 is 6.43. The van der Waals surface area contributed by atoms with Crippen LogP contribution in [0.15, 0.2) is 40.8 Å². The van der Waals surface area contributed by atoms with Gasteiger partial charge in [0.25, 0.3) is 5.91 Å². The molecule has 2 aliphatic heterocycles. The molecule has 1 amide bonds. The zero-order valence-corrected chi connectivity index (χ0v) is 27.6. The van der Waals surface area contributed by atoms with Crippen molar-refractivity contribution in [1.82, 2.24) is 0 Å². The summed E-state index contributed by atoms with van der Waals surface area (Å²) in [6, 6.07) is 11.8. The van der Waals surface area contributed by atoms with Crippen LogP contribution in [0, 0.1) is 11.8 Å². The molecular formula is C35H45ClN2O5S. The number of methoxy groups -OCH3 is 1. The highest BCUT2D eigenvalue weighted by Gasteiger charge is 2.44. The third-order valence-electron chi connectivity index (χ3n) is 10.5. The van der Waals surface area contributed by atoms with Gasteiger partial charge in [-0.05, 0) is 98.2 Å². The fourth-order valence-corrected chi connectivity index (χ4v) is 10.2. The van der Waals surface area contributed by atoms with E-state index in [0.717, 1.165) is 80.9 Å². The van der Waals surface area contributed by atoms with Gasteiger partial charge in [-0.15, -0.1) is 0 Å². The fourth-order valence-electron chi connectivity index (χ4n) is 7.91. The Bertz CT molecular complexity index is 1530. The summed E-state index contributed by atoms with van der Waals surface area (Å²) in [5.41, 5.74) is 3.65. The Balaban J connectivity index is 1.43. The summed E-state index contributed by atoms with van der Waals surface area (Å²) in [5.74, 6) is 1.13. The Kier molecular flexibility index (Phi) is 9.42. The smallest absolute Gasteiger partial charge is 0.285 e. The second-order valence-electron chi connectivity index (χ2n) is 13.3. The first-order chi connectivity index (χ1) is 21.2. The van der Waals surface area contributed by atoms with Crippen LogP contribution in [0.2, 0.25) is 5.02 Å². The lowest BCUT2D eigenvalue weighted by Gasteiger charge is -2.46. The summed E-state index contributed by atoms with van der Waals surface area (Å²) in [7, 11) is -1.19. The molecule has 1 fully saturated rings. The topological polar surface area (TPSA) is 85.3 Å². The molecular weight excluding hydrogens is 596 g/mol. The largest absolute Gasteiger partial charge is 0.490 e. The molecule has 9 heteroatoms. The molecule has 0 unspecified atom stereocenters. The predicted octanol–water partition coefficient (Wildman–Crippen LogP) is 7.02. The van der Waals surface area contributed by atoms with Crippen molar-refractivity contribution in [2.75, 3.05) is 43.2 Å². The molecule has 5 atom stereocenters. The summed E-state index contributed by atoms with van der Waals surface area (Å²) < 4.78 is 30.9. The number of hydrogen-bond acceptors (Lipinski definition) is 6. The summed E-state index contributed by atoms with van der Waals surface area (Å²) in [6.45, 7) is 3.92. The molecule has 6 rings (SSSR count). The van der Waals surface area contributed by atoms with Gasteiger partial charge in [-0.25, -0.2) is 4.21 Å². The van der Waals surface area contributed by atoms with Gasteiger partial charge in [-0.3, -0.25) is 9.59 Å². The van der Waals surface area contributed by atoms with Crippen molar-refractivity contribution >= 4 is 38.7 Å². The number of aryl methyl sites for hydroxylation is 1. The van der Waals surface area contributed by atoms with Gasteiger partial charge in [0.05, 0.1) is 33.9 Å². The van der Waals surface area contributed by atoms with Crippen molar-refractivity contribution in [2.24, 2.45) is 16.2 Å². The van der Waals surface area contributed by atoms with Crippen molar-refractivity contribution in [3.8, 4) is 5.75 Å². The molecule has 0 aromatic heterocycles. The van der Waals surface area contributed by atoms with Crippen LogP contribution in [0.1, 0.15) is 86.2 Å². The maximum absolute atomic E-state index is 13.9. The second kappa shape index (κ2) is 13.1. The van der Waals surface area contributed by atoms with Crippen LogP contribution in [0.25, 0.3) is 0 Å². The predicted molar refractivity (Wildman–Crippen MR) is 176 cm³/mol. The molecule has 0 saturated heterocycles. The Morgan fingerprint density at radius 1 is 1.14 bits per heavy atom. The minimum atomic E-state index is -3.02. The van der Waals surface area contributed by atoms with Gasteiger partial charge >= 0.3 is 0 Å². The zero-order chi connectivity index (χ0) is 30.9. The van der Waals surface area contributed by atoms with Gasteiger partial charge in [0.15, 0.2) is 0 Å². The number of rotatable bonds is 4. The number of Topliss-reactive ketones (excluding diaryl/α,β-unsaturated/α-hetero) is 1. The average Bonchev–Trinajstić information content (AvgIpc) is 3.14. The monoisotopic (exact) mass is 640 g/mol. The highest BCUT2D eigenvalue weighted by atomic mass is 35.5. The zero-order valence-electron chi connectivity index (χ0n) is 26.0. The first-order valence-corrected chi connectivity index (χ1v) is 18.6. The number of fused-ring (bicyclic) bond motifs is 4. The molecule has 1 spiro atoms. The molecule has 7 nitrogen and oxygen atoms in total. The molecule has 2 aromatic carbocycles. The highest BCUT2D eigenvalue weighted by molar-refractivity contribution is 7.94. The molecule has 0 radical (unpaired) electrons. The minimum Gasteiger partial charge on any atom is -0.490 e. The van der Waals surface area contributed by atoms with Crippen LogP contribution in [0.5, 0.6) is 5.75 Å². The number of carbonyl (C=O) groups is 2. The van der Waals surface area contributed by atoms with Crippen LogP contribution in [-0.2, 0) is 31.1 Å². The van der Waals surface area contributed by atoms with Crippen molar-refractivity contribution in [2.45, 2.75) is 82.7 Å². The number of ether oxygens (including phenoxy) is 2. The van der Waals surface area contributed by atoms with Gasteiger partial charge in [0.2, 0.25) is 0 Å². The van der Waals surface area contributed by atoms with Gasteiger partial charge in [-0.1, -0.05) is 37.4 Å². The Hall–Kier alpha value is -2.42. The summed E-state index contributed by atoms with van der Waals surface area (Å²) in [4.78, 5) is 28.5. The second-order valence-corrected chi connectivity index (χ2v) is 16.2. The fraction of sp³-hybridized carbons (Fsp3) is 0.600. The normalized spacial score (nSPS) is 30.7. The Morgan fingerprint density at radius 2 is 2.00 bits per heavy atom. The number of carbonyl (C=O) groups excluding carboxylic acids is 2. The van der Waals surface area contributed by atoms with Crippen molar-refractivity contribution in [1.29, 1.82) is 0 Å². The Labute approximate surface area is 267 Å². The number of halogens is 1. The van der Waals surface area contributed by atoms with E-state index < -0.39 is 15.6 Å². The van der Waals surface area contributed by atoms with Crippen LogP contribution >= 0.6 is 11.6 Å². The van der Waals surface area contributed by atoms with Crippen LogP contribution < -0.4 is 9.64 Å². The molecule has 238 valence electrons. The molecule has 1 saturated carbocycles. The van der Waals surface area contributed by atoms with E-state index in [2.05, 4.69) is 21.4 Å². The third-order valence-corrected chi connectivity index (χ3v) is 12.9. The number of amides is 1. The van der Waals surface area contributed by atoms with E-state index in [9.17, 15) is 13.8 Å². The molecule has 2 aliphatic carbocycles. The molecule has 4 aliphatic rings. The van der Waals surface area contributed by atoms with Crippen LogP contribution in [0.3, 0.4) is 0 Å². The lowest BCUT2D eigenvalue weighted by Crippen LogP contribution is -2.49. The lowest BCUT2D eigenvalue weighted by molar-refractivity contribution is -0.116. The molecule has 2 aromatic rings. The molecule has 2 bridgehead atoms.